The zero-order valence-corrected chi connectivity index (χ0v) is 12.4. The fourth-order valence-electron chi connectivity index (χ4n) is 3.46. The Kier molecular flexibility index (Phi) is 3.07. The molecule has 0 unspecified atom stereocenters. The summed E-state index contributed by atoms with van der Waals surface area (Å²) in [5.74, 6) is -0.454. The van der Waals surface area contributed by atoms with Crippen LogP contribution in [0.25, 0.3) is 11.1 Å². The number of hydrogen-bond acceptors (Lipinski definition) is 5. The van der Waals surface area contributed by atoms with E-state index in [1.807, 2.05) is 0 Å². The number of fused-ring (bicyclic) bond motifs is 1. The summed E-state index contributed by atoms with van der Waals surface area (Å²) in [7, 11) is 0. The minimum atomic E-state index is -0.454. The lowest BCUT2D eigenvalue weighted by Crippen LogP contribution is -2.44. The molecule has 2 aliphatic heterocycles. The highest BCUT2D eigenvalue weighted by Crippen LogP contribution is 2.37. The van der Waals surface area contributed by atoms with Crippen LogP contribution in [0.5, 0.6) is 0 Å². The van der Waals surface area contributed by atoms with E-state index in [0.29, 0.717) is 22.7 Å². The smallest absolute Gasteiger partial charge is 0.298 e. The van der Waals surface area contributed by atoms with E-state index in [0.717, 1.165) is 39.0 Å². The minimum Gasteiger partial charge on any atom is -0.423 e. The van der Waals surface area contributed by atoms with E-state index >= 15 is 0 Å². The zero-order valence-electron chi connectivity index (χ0n) is 12.4. The Morgan fingerprint density at radius 2 is 2.09 bits per heavy atom. The van der Waals surface area contributed by atoms with Gasteiger partial charge in [-0.05, 0) is 43.9 Å². The third-order valence-electron chi connectivity index (χ3n) is 4.79. The molecule has 1 spiro atoms. The van der Waals surface area contributed by atoms with E-state index in [2.05, 4.69) is 9.88 Å². The van der Waals surface area contributed by atoms with Crippen LogP contribution in [-0.2, 0) is 4.74 Å². The number of benzene rings is 1. The van der Waals surface area contributed by atoms with Gasteiger partial charge in [0.25, 0.3) is 6.01 Å². The number of nitrogens with two attached hydrogens (primary N) is 1. The van der Waals surface area contributed by atoms with Gasteiger partial charge in [0.15, 0.2) is 5.58 Å². The maximum Gasteiger partial charge on any atom is 0.298 e. The van der Waals surface area contributed by atoms with Gasteiger partial charge in [0.2, 0.25) is 5.91 Å². The first-order chi connectivity index (χ1) is 10.7. The van der Waals surface area contributed by atoms with Gasteiger partial charge in [0, 0.05) is 25.3 Å². The van der Waals surface area contributed by atoms with Crippen LogP contribution < -0.4 is 10.6 Å². The van der Waals surface area contributed by atoms with Crippen molar-refractivity contribution in [1.29, 1.82) is 0 Å². The van der Waals surface area contributed by atoms with Crippen molar-refractivity contribution in [2.75, 3.05) is 24.6 Å². The van der Waals surface area contributed by atoms with Crippen LogP contribution in [0.4, 0.5) is 6.01 Å². The van der Waals surface area contributed by atoms with Crippen molar-refractivity contribution < 1.29 is 13.9 Å². The van der Waals surface area contributed by atoms with E-state index in [4.69, 9.17) is 14.9 Å². The lowest BCUT2D eigenvalue weighted by atomic mass is 9.89. The van der Waals surface area contributed by atoms with Crippen molar-refractivity contribution in [3.8, 4) is 0 Å². The molecule has 6 heteroatoms. The molecule has 116 valence electrons. The van der Waals surface area contributed by atoms with Gasteiger partial charge in [0.1, 0.15) is 5.52 Å². The van der Waals surface area contributed by atoms with Gasteiger partial charge >= 0.3 is 0 Å². The van der Waals surface area contributed by atoms with Crippen LogP contribution in [0, 0.1) is 0 Å². The molecular weight excluding hydrogens is 282 g/mol. The Morgan fingerprint density at radius 1 is 1.27 bits per heavy atom. The molecule has 2 aromatic rings. The Bertz CT molecular complexity index is 708. The SMILES string of the molecule is NC(=O)c1ccc2oc(N3CCC4(CCCO4)CC3)nc2c1. The second-order valence-corrected chi connectivity index (χ2v) is 6.17. The summed E-state index contributed by atoms with van der Waals surface area (Å²) in [5, 5.41) is 0. The summed E-state index contributed by atoms with van der Waals surface area (Å²) in [5.41, 5.74) is 7.18. The number of carbonyl (C=O) groups excluding carboxylic acids is 1. The number of hydrogen-bond donors (Lipinski definition) is 1. The molecule has 22 heavy (non-hydrogen) atoms. The predicted molar refractivity (Wildman–Crippen MR) is 81.9 cm³/mol. The number of piperidine rings is 1. The zero-order chi connectivity index (χ0) is 15.2. The van der Waals surface area contributed by atoms with Crippen molar-refractivity contribution in [1.82, 2.24) is 4.98 Å². The number of primary amides is 1. The monoisotopic (exact) mass is 301 g/mol. The number of rotatable bonds is 2. The number of carbonyl (C=O) groups is 1. The van der Waals surface area contributed by atoms with Gasteiger partial charge in [-0.3, -0.25) is 4.79 Å². The molecule has 2 aliphatic rings. The first-order valence-electron chi connectivity index (χ1n) is 7.75. The van der Waals surface area contributed by atoms with Crippen molar-refractivity contribution in [3.63, 3.8) is 0 Å². The maximum atomic E-state index is 11.2. The van der Waals surface area contributed by atoms with Crippen molar-refractivity contribution >= 4 is 23.0 Å². The number of aromatic nitrogens is 1. The first kappa shape index (κ1) is 13.6. The summed E-state index contributed by atoms with van der Waals surface area (Å²) in [6, 6.07) is 5.70. The van der Waals surface area contributed by atoms with Gasteiger partial charge in [-0.15, -0.1) is 0 Å². The molecule has 1 aromatic carbocycles. The predicted octanol–water partition coefficient (Wildman–Crippen LogP) is 2.08. The summed E-state index contributed by atoms with van der Waals surface area (Å²) in [6.45, 7) is 2.66. The second-order valence-electron chi connectivity index (χ2n) is 6.17. The van der Waals surface area contributed by atoms with Crippen LogP contribution in [0.1, 0.15) is 36.0 Å². The van der Waals surface area contributed by atoms with Crippen molar-refractivity contribution in [2.45, 2.75) is 31.3 Å². The van der Waals surface area contributed by atoms with Gasteiger partial charge in [-0.1, -0.05) is 0 Å². The van der Waals surface area contributed by atoms with E-state index in [9.17, 15) is 4.79 Å². The summed E-state index contributed by atoms with van der Waals surface area (Å²) in [6.07, 6.45) is 4.35. The highest BCUT2D eigenvalue weighted by atomic mass is 16.5. The third kappa shape index (κ3) is 2.23. The van der Waals surface area contributed by atoms with Crippen molar-refractivity contribution in [3.05, 3.63) is 23.8 Å². The minimum absolute atomic E-state index is 0.0850. The number of nitrogens with zero attached hydrogens (tertiary/aromatic N) is 2. The first-order valence-corrected chi connectivity index (χ1v) is 7.75. The molecule has 1 aromatic heterocycles. The topological polar surface area (TPSA) is 81.6 Å². The van der Waals surface area contributed by atoms with Crippen molar-refractivity contribution in [2.24, 2.45) is 5.73 Å². The Morgan fingerprint density at radius 3 is 2.77 bits per heavy atom. The van der Waals surface area contributed by atoms with E-state index in [1.54, 1.807) is 18.2 Å². The Hall–Kier alpha value is -2.08. The van der Waals surface area contributed by atoms with Gasteiger partial charge in [-0.25, -0.2) is 0 Å². The van der Waals surface area contributed by atoms with Crippen LogP contribution in [0.15, 0.2) is 22.6 Å². The van der Waals surface area contributed by atoms with E-state index < -0.39 is 5.91 Å². The molecule has 0 bridgehead atoms. The fraction of sp³-hybridized carbons (Fsp3) is 0.500. The number of anilines is 1. The highest BCUT2D eigenvalue weighted by Gasteiger charge is 2.39. The van der Waals surface area contributed by atoms with E-state index in [1.165, 1.54) is 6.42 Å². The average Bonchev–Trinajstić information content (AvgIpc) is 3.14. The molecule has 3 heterocycles. The summed E-state index contributed by atoms with van der Waals surface area (Å²) < 4.78 is 11.8. The van der Waals surface area contributed by atoms with Crippen LogP contribution >= 0.6 is 0 Å². The van der Waals surface area contributed by atoms with Gasteiger partial charge in [-0.2, -0.15) is 4.98 Å². The summed E-state index contributed by atoms with van der Waals surface area (Å²) in [4.78, 5) is 17.9. The maximum absolute atomic E-state index is 11.2. The fourth-order valence-corrected chi connectivity index (χ4v) is 3.46. The Balaban J connectivity index is 1.55. The van der Waals surface area contributed by atoms with Gasteiger partial charge in [0.05, 0.1) is 5.60 Å². The molecular formula is C16H19N3O3. The molecule has 0 atom stereocenters. The van der Waals surface area contributed by atoms with Crippen LogP contribution in [0.2, 0.25) is 0 Å². The molecule has 2 N–H and O–H groups in total. The van der Waals surface area contributed by atoms with E-state index in [-0.39, 0.29) is 5.60 Å². The van der Waals surface area contributed by atoms with Crippen LogP contribution in [0.3, 0.4) is 0 Å². The largest absolute Gasteiger partial charge is 0.423 e. The number of amides is 1. The summed E-state index contributed by atoms with van der Waals surface area (Å²) >= 11 is 0. The lowest BCUT2D eigenvalue weighted by Gasteiger charge is -2.37. The van der Waals surface area contributed by atoms with Crippen LogP contribution in [-0.4, -0.2) is 36.2 Å². The van der Waals surface area contributed by atoms with Gasteiger partial charge < -0.3 is 19.8 Å². The molecule has 6 nitrogen and oxygen atoms in total. The molecule has 4 rings (SSSR count). The number of oxazole rings is 1. The normalized spacial score (nSPS) is 20.8. The standard InChI is InChI=1S/C16H19N3O3/c17-14(20)11-2-3-13-12(10-11)18-15(22-13)19-7-5-16(6-8-19)4-1-9-21-16/h2-3,10H,1,4-9H2,(H2,17,20). The third-order valence-corrected chi connectivity index (χ3v) is 4.79. The quantitative estimate of drug-likeness (QED) is 0.918. The average molecular weight is 301 g/mol. The Labute approximate surface area is 128 Å². The molecule has 0 saturated carbocycles. The lowest BCUT2D eigenvalue weighted by molar-refractivity contribution is -0.0151. The molecule has 1 amide bonds. The molecule has 2 fully saturated rings. The second kappa shape index (κ2) is 4.98. The number of ether oxygens (including phenoxy) is 1. The highest BCUT2D eigenvalue weighted by molar-refractivity contribution is 5.96. The molecule has 2 saturated heterocycles. The molecule has 0 radical (unpaired) electrons. The molecule has 0 aliphatic carbocycles.